The summed E-state index contributed by atoms with van der Waals surface area (Å²) < 4.78 is 28.7. The van der Waals surface area contributed by atoms with Crippen LogP contribution in [0.3, 0.4) is 0 Å². The Kier molecular flexibility index (Phi) is 2.30. The first-order chi connectivity index (χ1) is 9.31. The Labute approximate surface area is 113 Å². The zero-order valence-electron chi connectivity index (χ0n) is 9.73. The number of phenols is 4. The van der Waals surface area contributed by atoms with Gasteiger partial charge < -0.3 is 24.6 Å². The highest BCUT2D eigenvalue weighted by Crippen LogP contribution is 2.51. The van der Waals surface area contributed by atoms with Crippen LogP contribution in [0.2, 0.25) is 0 Å². The van der Waals surface area contributed by atoms with Gasteiger partial charge in [0.1, 0.15) is 4.90 Å². The summed E-state index contributed by atoms with van der Waals surface area (Å²) in [6.07, 6.45) is 0. The Balaban J connectivity index is 2.47. The van der Waals surface area contributed by atoms with Gasteiger partial charge in [-0.15, -0.1) is 0 Å². The van der Waals surface area contributed by atoms with Gasteiger partial charge >= 0.3 is 10.1 Å². The maximum Gasteiger partial charge on any atom is 0.340 e. The van der Waals surface area contributed by atoms with Gasteiger partial charge in [0, 0.05) is 11.6 Å². The van der Waals surface area contributed by atoms with E-state index in [0.717, 1.165) is 18.2 Å². The van der Waals surface area contributed by atoms with Crippen molar-refractivity contribution >= 4 is 10.1 Å². The number of fused-ring (bicyclic) bond motifs is 3. The second kappa shape index (κ2) is 3.70. The Bertz CT molecular complexity index is 839. The van der Waals surface area contributed by atoms with Crippen LogP contribution in [0.1, 0.15) is 0 Å². The fourth-order valence-electron chi connectivity index (χ4n) is 2.01. The number of benzene rings is 2. The molecule has 7 nitrogen and oxygen atoms in total. The summed E-state index contributed by atoms with van der Waals surface area (Å²) >= 11 is 0. The number of phenolic OH excluding ortho intramolecular Hbond substituents is 4. The lowest BCUT2D eigenvalue weighted by Gasteiger charge is -2.21. The van der Waals surface area contributed by atoms with E-state index in [1.54, 1.807) is 0 Å². The molecule has 1 aliphatic heterocycles. The molecule has 8 heteroatoms. The van der Waals surface area contributed by atoms with E-state index in [9.17, 15) is 28.8 Å². The Morgan fingerprint density at radius 2 is 1.55 bits per heavy atom. The SMILES string of the molecule is O=S1(=O)Oc2ccc(O)c(O)c2-c2cc(O)c(O)cc21. The first kappa shape index (κ1) is 12.4. The largest absolute Gasteiger partial charge is 0.504 e. The van der Waals surface area contributed by atoms with Crippen molar-refractivity contribution in [1.29, 1.82) is 0 Å². The molecule has 104 valence electrons. The fraction of sp³-hybridized carbons (Fsp3) is 0. The fourth-order valence-corrected chi connectivity index (χ4v) is 3.17. The quantitative estimate of drug-likeness (QED) is 0.426. The standard InChI is InChI=1S/C12H8O7S/c13-6-1-2-9-11(12(6)16)5-3-7(14)8(15)4-10(5)20(17,18)19-9/h1-4,13-16H. The molecule has 0 atom stereocenters. The van der Waals surface area contributed by atoms with Crippen molar-refractivity contribution in [2.24, 2.45) is 0 Å². The zero-order valence-corrected chi connectivity index (χ0v) is 10.5. The van der Waals surface area contributed by atoms with Crippen LogP contribution in [0.4, 0.5) is 0 Å². The van der Waals surface area contributed by atoms with Crippen molar-refractivity contribution < 1.29 is 33.0 Å². The normalized spacial score (nSPS) is 15.0. The molecule has 0 saturated carbocycles. The number of aromatic hydroxyl groups is 4. The van der Waals surface area contributed by atoms with Crippen molar-refractivity contribution in [2.75, 3.05) is 0 Å². The molecule has 2 aromatic rings. The highest BCUT2D eigenvalue weighted by atomic mass is 32.2. The molecule has 0 aliphatic carbocycles. The van der Waals surface area contributed by atoms with E-state index in [-0.39, 0.29) is 16.9 Å². The van der Waals surface area contributed by atoms with Gasteiger partial charge in [-0.2, -0.15) is 8.42 Å². The Morgan fingerprint density at radius 1 is 0.900 bits per heavy atom. The van der Waals surface area contributed by atoms with Gasteiger partial charge in [-0.1, -0.05) is 0 Å². The van der Waals surface area contributed by atoms with E-state index in [1.165, 1.54) is 6.07 Å². The molecule has 1 heterocycles. The monoisotopic (exact) mass is 296 g/mol. The summed E-state index contributed by atoms with van der Waals surface area (Å²) in [4.78, 5) is -0.416. The van der Waals surface area contributed by atoms with Crippen LogP contribution in [0.25, 0.3) is 11.1 Å². The molecule has 0 amide bonds. The predicted octanol–water partition coefficient (Wildman–Crippen LogP) is 1.26. The van der Waals surface area contributed by atoms with Crippen LogP contribution in [-0.2, 0) is 10.1 Å². The minimum Gasteiger partial charge on any atom is -0.504 e. The van der Waals surface area contributed by atoms with E-state index in [2.05, 4.69) is 0 Å². The summed E-state index contributed by atoms with van der Waals surface area (Å²) in [6, 6.07) is 4.04. The Morgan fingerprint density at radius 3 is 2.25 bits per heavy atom. The lowest BCUT2D eigenvalue weighted by atomic mass is 10.0. The van der Waals surface area contributed by atoms with Crippen molar-refractivity contribution in [3.8, 4) is 39.9 Å². The summed E-state index contributed by atoms with van der Waals surface area (Å²) in [5.41, 5.74) is -0.153. The highest BCUT2D eigenvalue weighted by molar-refractivity contribution is 7.87. The summed E-state index contributed by atoms with van der Waals surface area (Å²) in [5.74, 6) is -2.43. The predicted molar refractivity (Wildman–Crippen MR) is 66.4 cm³/mol. The molecule has 0 unspecified atom stereocenters. The van der Waals surface area contributed by atoms with E-state index < -0.39 is 38.0 Å². The average molecular weight is 296 g/mol. The lowest BCUT2D eigenvalue weighted by molar-refractivity contribution is 0.397. The van der Waals surface area contributed by atoms with E-state index in [4.69, 9.17) is 4.18 Å². The second-order valence-electron chi connectivity index (χ2n) is 4.18. The third-order valence-electron chi connectivity index (χ3n) is 2.93. The van der Waals surface area contributed by atoms with Gasteiger partial charge in [-0.05, 0) is 18.2 Å². The smallest absolute Gasteiger partial charge is 0.340 e. The number of hydrogen-bond acceptors (Lipinski definition) is 7. The third kappa shape index (κ3) is 1.55. The van der Waals surface area contributed by atoms with Gasteiger partial charge in [0.25, 0.3) is 0 Å². The van der Waals surface area contributed by atoms with Crippen molar-refractivity contribution in [3.63, 3.8) is 0 Å². The molecular weight excluding hydrogens is 288 g/mol. The molecule has 0 aromatic heterocycles. The van der Waals surface area contributed by atoms with Crippen molar-refractivity contribution in [2.45, 2.75) is 4.90 Å². The molecule has 0 radical (unpaired) electrons. The Hall–Kier alpha value is -2.61. The minimum atomic E-state index is -4.19. The second-order valence-corrected chi connectivity index (χ2v) is 5.70. The van der Waals surface area contributed by atoms with Gasteiger partial charge in [-0.3, -0.25) is 0 Å². The van der Waals surface area contributed by atoms with Crippen LogP contribution >= 0.6 is 0 Å². The first-order valence-corrected chi connectivity index (χ1v) is 6.78. The van der Waals surface area contributed by atoms with Gasteiger partial charge in [0.15, 0.2) is 28.7 Å². The van der Waals surface area contributed by atoms with Crippen LogP contribution in [0.15, 0.2) is 29.2 Å². The molecule has 4 N–H and O–H groups in total. The van der Waals surface area contributed by atoms with Crippen molar-refractivity contribution in [3.05, 3.63) is 24.3 Å². The lowest BCUT2D eigenvalue weighted by Crippen LogP contribution is -2.15. The van der Waals surface area contributed by atoms with Gasteiger partial charge in [-0.25, -0.2) is 0 Å². The van der Waals surface area contributed by atoms with Crippen LogP contribution in [0.5, 0.6) is 28.7 Å². The first-order valence-electron chi connectivity index (χ1n) is 5.37. The molecule has 20 heavy (non-hydrogen) atoms. The molecule has 0 fully saturated rings. The molecule has 2 aromatic carbocycles. The molecule has 3 rings (SSSR count). The van der Waals surface area contributed by atoms with Crippen LogP contribution in [-0.4, -0.2) is 28.8 Å². The maximum atomic E-state index is 11.9. The van der Waals surface area contributed by atoms with Crippen LogP contribution in [0, 0.1) is 0 Å². The molecule has 0 bridgehead atoms. The summed E-state index contributed by atoms with van der Waals surface area (Å²) in [6.45, 7) is 0. The zero-order chi connectivity index (χ0) is 14.7. The molecule has 0 spiro atoms. The molecule has 1 aliphatic rings. The van der Waals surface area contributed by atoms with E-state index in [0.29, 0.717) is 0 Å². The third-order valence-corrected chi connectivity index (χ3v) is 4.21. The maximum absolute atomic E-state index is 11.9. The molecular formula is C12H8O7S. The molecule has 0 saturated heterocycles. The number of rotatable bonds is 0. The van der Waals surface area contributed by atoms with E-state index >= 15 is 0 Å². The van der Waals surface area contributed by atoms with Gasteiger partial charge in [0.2, 0.25) is 0 Å². The number of hydrogen-bond donors (Lipinski definition) is 4. The highest BCUT2D eigenvalue weighted by Gasteiger charge is 2.33. The summed E-state index contributed by atoms with van der Waals surface area (Å²) in [5, 5.41) is 38.2. The minimum absolute atomic E-state index is 0.0741. The van der Waals surface area contributed by atoms with E-state index in [1.807, 2.05) is 0 Å². The topological polar surface area (TPSA) is 124 Å². The van der Waals surface area contributed by atoms with Crippen molar-refractivity contribution in [1.82, 2.24) is 0 Å². The van der Waals surface area contributed by atoms with Gasteiger partial charge in [0.05, 0.1) is 5.56 Å². The van der Waals surface area contributed by atoms with Crippen LogP contribution < -0.4 is 4.18 Å². The summed E-state index contributed by atoms with van der Waals surface area (Å²) in [7, 11) is -4.19. The average Bonchev–Trinajstić information content (AvgIpc) is 2.36.